The number of hydrogen-bond donors (Lipinski definition) is 1. The number of nitrogens with zero attached hydrogens (tertiary/aromatic N) is 4. The third-order valence-corrected chi connectivity index (χ3v) is 4.88. The van der Waals surface area contributed by atoms with Crippen LogP contribution < -0.4 is 10.1 Å². The summed E-state index contributed by atoms with van der Waals surface area (Å²) in [6.45, 7) is 2.84. The lowest BCUT2D eigenvalue weighted by molar-refractivity contribution is 0.0953. The topological polar surface area (TPSA) is 89.9 Å². The summed E-state index contributed by atoms with van der Waals surface area (Å²) in [6.07, 6.45) is 4.97. The number of aromatic nitrogens is 4. The summed E-state index contributed by atoms with van der Waals surface area (Å²) in [7, 11) is 0. The van der Waals surface area contributed by atoms with E-state index >= 15 is 0 Å². The van der Waals surface area contributed by atoms with Crippen molar-refractivity contribution >= 4 is 16.8 Å². The standard InChI is InChI=1S/C24H22FN5O2/c1-2-32-24-20-10-7-18(23(31)26-12-3-4-16-11-13-27-28-15-16)14-21(20)29-22(30-24)17-5-8-19(25)9-6-17/h5-11,13-15H,2-4,12H2,1H3,(H,26,31). The minimum absolute atomic E-state index is 0.181. The smallest absolute Gasteiger partial charge is 0.251 e. The number of rotatable bonds is 8. The molecule has 162 valence electrons. The van der Waals surface area contributed by atoms with E-state index in [9.17, 15) is 9.18 Å². The largest absolute Gasteiger partial charge is 0.477 e. The number of amides is 1. The van der Waals surface area contributed by atoms with E-state index in [1.54, 1.807) is 42.7 Å². The van der Waals surface area contributed by atoms with Crippen LogP contribution in [0.25, 0.3) is 22.3 Å². The number of hydrogen-bond acceptors (Lipinski definition) is 6. The van der Waals surface area contributed by atoms with E-state index in [0.717, 1.165) is 18.4 Å². The summed E-state index contributed by atoms with van der Waals surface area (Å²) in [5.41, 5.74) is 2.82. The number of halogens is 1. The highest BCUT2D eigenvalue weighted by Crippen LogP contribution is 2.27. The molecule has 4 aromatic rings. The average Bonchev–Trinajstić information content (AvgIpc) is 2.82. The van der Waals surface area contributed by atoms with Gasteiger partial charge in [0.2, 0.25) is 5.88 Å². The zero-order chi connectivity index (χ0) is 22.3. The van der Waals surface area contributed by atoms with Crippen LogP contribution in [0.2, 0.25) is 0 Å². The Morgan fingerprint density at radius 1 is 1.06 bits per heavy atom. The zero-order valence-electron chi connectivity index (χ0n) is 17.6. The van der Waals surface area contributed by atoms with Crippen molar-refractivity contribution < 1.29 is 13.9 Å². The van der Waals surface area contributed by atoms with Gasteiger partial charge in [-0.15, -0.1) is 0 Å². The fourth-order valence-corrected chi connectivity index (χ4v) is 3.28. The maximum atomic E-state index is 13.3. The van der Waals surface area contributed by atoms with Gasteiger partial charge in [-0.3, -0.25) is 4.79 Å². The fourth-order valence-electron chi connectivity index (χ4n) is 3.28. The van der Waals surface area contributed by atoms with Gasteiger partial charge >= 0.3 is 0 Å². The molecule has 4 rings (SSSR count). The summed E-state index contributed by atoms with van der Waals surface area (Å²) in [5.74, 6) is 0.317. The minimum atomic E-state index is -0.335. The minimum Gasteiger partial charge on any atom is -0.477 e. The number of fused-ring (bicyclic) bond motifs is 1. The van der Waals surface area contributed by atoms with Crippen LogP contribution in [0.3, 0.4) is 0 Å². The average molecular weight is 431 g/mol. The lowest BCUT2D eigenvalue weighted by atomic mass is 10.1. The number of ether oxygens (including phenoxy) is 1. The highest BCUT2D eigenvalue weighted by molar-refractivity contribution is 5.98. The molecule has 2 aromatic heterocycles. The first-order valence-corrected chi connectivity index (χ1v) is 10.4. The summed E-state index contributed by atoms with van der Waals surface area (Å²) in [6, 6.07) is 13.1. The molecule has 2 aromatic carbocycles. The SMILES string of the molecule is CCOc1nc(-c2ccc(F)cc2)nc2cc(C(=O)NCCCc3ccnnc3)ccc12. The normalized spacial score (nSPS) is 10.8. The molecular weight excluding hydrogens is 409 g/mol. The van der Waals surface area contributed by atoms with Crippen LogP contribution in [0, 0.1) is 5.82 Å². The van der Waals surface area contributed by atoms with E-state index < -0.39 is 0 Å². The quantitative estimate of drug-likeness (QED) is 0.425. The Bertz CT molecular complexity index is 1220. The van der Waals surface area contributed by atoms with Crippen LogP contribution >= 0.6 is 0 Å². The number of benzene rings is 2. The van der Waals surface area contributed by atoms with Crippen LogP contribution in [0.5, 0.6) is 5.88 Å². The van der Waals surface area contributed by atoms with Gasteiger partial charge in [0.25, 0.3) is 5.91 Å². The van der Waals surface area contributed by atoms with Gasteiger partial charge in [0.05, 0.1) is 23.7 Å². The van der Waals surface area contributed by atoms with Crippen molar-refractivity contribution in [2.45, 2.75) is 19.8 Å². The first kappa shape index (κ1) is 21.3. The number of carbonyl (C=O) groups excluding carboxylic acids is 1. The zero-order valence-corrected chi connectivity index (χ0v) is 17.6. The van der Waals surface area contributed by atoms with Gasteiger partial charge < -0.3 is 10.1 Å². The van der Waals surface area contributed by atoms with Gasteiger partial charge in [-0.1, -0.05) is 0 Å². The van der Waals surface area contributed by atoms with Crippen LogP contribution in [-0.2, 0) is 6.42 Å². The molecule has 0 atom stereocenters. The highest BCUT2D eigenvalue weighted by atomic mass is 19.1. The van der Waals surface area contributed by atoms with Gasteiger partial charge in [0.1, 0.15) is 5.82 Å². The van der Waals surface area contributed by atoms with Gasteiger partial charge in [-0.2, -0.15) is 15.2 Å². The molecule has 32 heavy (non-hydrogen) atoms. The van der Waals surface area contributed by atoms with Crippen LogP contribution in [0.15, 0.2) is 60.9 Å². The second-order valence-electron chi connectivity index (χ2n) is 7.13. The Balaban J connectivity index is 1.53. The monoisotopic (exact) mass is 431 g/mol. The predicted octanol–water partition coefficient (Wildman–Crippen LogP) is 3.99. The first-order chi connectivity index (χ1) is 15.6. The Hall–Kier alpha value is -3.94. The summed E-state index contributed by atoms with van der Waals surface area (Å²) >= 11 is 0. The maximum Gasteiger partial charge on any atom is 0.251 e. The van der Waals surface area contributed by atoms with Crippen molar-refractivity contribution in [1.29, 1.82) is 0 Å². The molecule has 0 saturated heterocycles. The Morgan fingerprint density at radius 2 is 1.91 bits per heavy atom. The molecule has 0 aliphatic heterocycles. The molecule has 8 heteroatoms. The molecule has 7 nitrogen and oxygen atoms in total. The van der Waals surface area contributed by atoms with Crippen molar-refractivity contribution in [3.63, 3.8) is 0 Å². The first-order valence-electron chi connectivity index (χ1n) is 10.4. The molecule has 0 spiro atoms. The molecule has 0 fully saturated rings. The Morgan fingerprint density at radius 3 is 2.66 bits per heavy atom. The Kier molecular flexibility index (Phi) is 6.60. The predicted molar refractivity (Wildman–Crippen MR) is 119 cm³/mol. The lowest BCUT2D eigenvalue weighted by Crippen LogP contribution is -2.24. The molecule has 0 aliphatic rings. The molecule has 0 bridgehead atoms. The van der Waals surface area contributed by atoms with Crippen molar-refractivity contribution in [3.8, 4) is 17.3 Å². The second kappa shape index (κ2) is 9.91. The van der Waals surface area contributed by atoms with Gasteiger partial charge in [-0.05, 0) is 73.9 Å². The van der Waals surface area contributed by atoms with Crippen molar-refractivity contribution in [2.75, 3.05) is 13.2 Å². The summed E-state index contributed by atoms with van der Waals surface area (Å²) < 4.78 is 19.0. The van der Waals surface area contributed by atoms with Crippen LogP contribution in [-0.4, -0.2) is 39.2 Å². The maximum absolute atomic E-state index is 13.3. The van der Waals surface area contributed by atoms with Gasteiger partial charge in [0, 0.05) is 23.9 Å². The van der Waals surface area contributed by atoms with Crippen molar-refractivity contribution in [2.24, 2.45) is 0 Å². The second-order valence-corrected chi connectivity index (χ2v) is 7.13. The third-order valence-electron chi connectivity index (χ3n) is 4.88. The molecule has 2 heterocycles. The van der Waals surface area contributed by atoms with E-state index in [-0.39, 0.29) is 11.7 Å². The van der Waals surface area contributed by atoms with E-state index in [4.69, 9.17) is 4.74 Å². The Labute approximate surface area is 184 Å². The lowest BCUT2D eigenvalue weighted by Gasteiger charge is -2.11. The number of aryl methyl sites for hydroxylation is 1. The molecule has 0 unspecified atom stereocenters. The summed E-state index contributed by atoms with van der Waals surface area (Å²) in [5, 5.41) is 11.3. The van der Waals surface area contributed by atoms with E-state index in [1.807, 2.05) is 13.0 Å². The molecule has 0 radical (unpaired) electrons. The van der Waals surface area contributed by atoms with E-state index in [2.05, 4.69) is 25.5 Å². The number of nitrogens with one attached hydrogen (secondary N) is 1. The molecule has 0 saturated carbocycles. The fraction of sp³-hybridized carbons (Fsp3) is 0.208. The van der Waals surface area contributed by atoms with Crippen molar-refractivity contribution in [1.82, 2.24) is 25.5 Å². The third kappa shape index (κ3) is 5.03. The molecule has 1 N–H and O–H groups in total. The number of carbonyl (C=O) groups is 1. The van der Waals surface area contributed by atoms with Crippen LogP contribution in [0.4, 0.5) is 4.39 Å². The van der Waals surface area contributed by atoms with Gasteiger partial charge in [-0.25, -0.2) is 9.37 Å². The molecular formula is C24H22FN5O2. The van der Waals surface area contributed by atoms with Crippen molar-refractivity contribution in [3.05, 3.63) is 77.9 Å². The van der Waals surface area contributed by atoms with E-state index in [0.29, 0.717) is 46.9 Å². The van der Waals surface area contributed by atoms with Gasteiger partial charge in [0.15, 0.2) is 5.82 Å². The van der Waals surface area contributed by atoms with E-state index in [1.165, 1.54) is 12.1 Å². The summed E-state index contributed by atoms with van der Waals surface area (Å²) in [4.78, 5) is 21.7. The molecule has 1 amide bonds. The molecule has 0 aliphatic carbocycles. The highest BCUT2D eigenvalue weighted by Gasteiger charge is 2.13. The van der Waals surface area contributed by atoms with Crippen LogP contribution in [0.1, 0.15) is 29.3 Å².